The Balaban J connectivity index is 1.43. The summed E-state index contributed by atoms with van der Waals surface area (Å²) < 4.78 is 0. The first-order chi connectivity index (χ1) is 13.2. The minimum absolute atomic E-state index is 0.0818. The van der Waals surface area contributed by atoms with E-state index in [-0.39, 0.29) is 6.03 Å². The molecule has 3 fully saturated rings. The van der Waals surface area contributed by atoms with E-state index in [4.69, 9.17) is 5.26 Å². The quantitative estimate of drug-likeness (QED) is 0.912. The summed E-state index contributed by atoms with van der Waals surface area (Å²) in [6.07, 6.45) is 4.11. The van der Waals surface area contributed by atoms with Gasteiger partial charge in [0, 0.05) is 44.1 Å². The summed E-state index contributed by atoms with van der Waals surface area (Å²) in [5, 5.41) is 12.0. The van der Waals surface area contributed by atoms with Gasteiger partial charge in [0.05, 0.1) is 17.3 Å². The number of hydrogen-bond donors (Lipinski definition) is 1. The van der Waals surface area contributed by atoms with Crippen LogP contribution in [0.1, 0.15) is 24.1 Å². The highest BCUT2D eigenvalue weighted by atomic mass is 16.2. The number of hydrogen-bond acceptors (Lipinski definition) is 4. The molecule has 2 aromatic rings. The van der Waals surface area contributed by atoms with E-state index in [0.717, 1.165) is 44.7 Å². The number of rotatable bonds is 3. The summed E-state index contributed by atoms with van der Waals surface area (Å²) in [7, 11) is 0. The second kappa shape index (κ2) is 7.77. The molecule has 3 aliphatic heterocycles. The molecule has 4 heterocycles. The molecule has 3 aliphatic rings. The third kappa shape index (κ3) is 4.09. The third-order valence-corrected chi connectivity index (χ3v) is 5.45. The van der Waals surface area contributed by atoms with Crippen LogP contribution in [-0.2, 0) is 6.54 Å². The molecular formula is C21H23N5O. The van der Waals surface area contributed by atoms with Gasteiger partial charge < -0.3 is 10.2 Å². The molecule has 2 amide bonds. The van der Waals surface area contributed by atoms with Gasteiger partial charge in [0.2, 0.25) is 0 Å². The number of anilines is 1. The number of aromatic nitrogens is 1. The summed E-state index contributed by atoms with van der Waals surface area (Å²) in [4.78, 5) is 21.7. The molecule has 1 aromatic heterocycles. The maximum atomic E-state index is 12.8. The maximum absolute atomic E-state index is 12.8. The largest absolute Gasteiger partial charge is 0.323 e. The predicted octanol–water partition coefficient (Wildman–Crippen LogP) is 3.08. The summed E-state index contributed by atoms with van der Waals surface area (Å²) in [5.74, 6) is 0.489. The molecule has 0 spiro atoms. The second-order valence-electron chi connectivity index (χ2n) is 7.38. The number of benzene rings is 1. The first kappa shape index (κ1) is 17.5. The molecule has 1 aromatic carbocycles. The Labute approximate surface area is 159 Å². The van der Waals surface area contributed by atoms with E-state index in [1.807, 2.05) is 29.3 Å². The van der Waals surface area contributed by atoms with E-state index in [1.54, 1.807) is 18.2 Å². The van der Waals surface area contributed by atoms with E-state index in [1.165, 1.54) is 0 Å². The van der Waals surface area contributed by atoms with Crippen molar-refractivity contribution in [2.75, 3.05) is 25.0 Å². The number of fused-ring (bicyclic) bond motifs is 4. The van der Waals surface area contributed by atoms with E-state index in [9.17, 15) is 4.79 Å². The molecule has 1 N–H and O–H groups in total. The van der Waals surface area contributed by atoms with Gasteiger partial charge in [0.1, 0.15) is 0 Å². The zero-order valence-electron chi connectivity index (χ0n) is 15.2. The van der Waals surface area contributed by atoms with Crippen molar-refractivity contribution in [3.05, 3.63) is 59.9 Å². The number of piperidine rings is 1. The van der Waals surface area contributed by atoms with Gasteiger partial charge in [0.25, 0.3) is 0 Å². The van der Waals surface area contributed by atoms with Gasteiger partial charge in [-0.1, -0.05) is 12.1 Å². The van der Waals surface area contributed by atoms with Gasteiger partial charge in [0.15, 0.2) is 0 Å². The lowest BCUT2D eigenvalue weighted by Gasteiger charge is -2.35. The van der Waals surface area contributed by atoms with Gasteiger partial charge in [-0.15, -0.1) is 0 Å². The fourth-order valence-electron chi connectivity index (χ4n) is 4.11. The highest BCUT2D eigenvalue weighted by Crippen LogP contribution is 2.29. The van der Waals surface area contributed by atoms with Crippen LogP contribution in [-0.4, -0.2) is 46.5 Å². The molecule has 6 nitrogen and oxygen atoms in total. The number of nitriles is 1. The van der Waals surface area contributed by atoms with E-state index in [2.05, 4.69) is 27.3 Å². The smallest absolute Gasteiger partial charge is 0.321 e. The Morgan fingerprint density at radius 2 is 2.11 bits per heavy atom. The minimum atomic E-state index is -0.0818. The van der Waals surface area contributed by atoms with E-state index < -0.39 is 0 Å². The molecule has 3 saturated heterocycles. The predicted molar refractivity (Wildman–Crippen MR) is 103 cm³/mol. The zero-order chi connectivity index (χ0) is 18.6. The van der Waals surface area contributed by atoms with Crippen LogP contribution in [0.5, 0.6) is 0 Å². The highest BCUT2D eigenvalue weighted by Gasteiger charge is 2.36. The lowest BCUT2D eigenvalue weighted by atomic mass is 9.95. The van der Waals surface area contributed by atoms with Crippen molar-refractivity contribution in [3.8, 4) is 6.07 Å². The number of amides is 2. The fraction of sp³-hybridized carbons (Fsp3) is 0.381. The van der Waals surface area contributed by atoms with Crippen LogP contribution in [0, 0.1) is 17.2 Å². The average Bonchev–Trinajstić information content (AvgIpc) is 3.01. The molecule has 6 heteroatoms. The lowest BCUT2D eigenvalue weighted by Crippen LogP contribution is -2.44. The summed E-state index contributed by atoms with van der Waals surface area (Å²) in [6, 6.07) is 15.4. The molecular weight excluding hydrogens is 338 g/mol. The zero-order valence-corrected chi connectivity index (χ0v) is 15.2. The normalized spacial score (nSPS) is 22.1. The fourth-order valence-corrected chi connectivity index (χ4v) is 4.11. The highest BCUT2D eigenvalue weighted by molar-refractivity contribution is 5.89. The van der Waals surface area contributed by atoms with Crippen LogP contribution in [0.25, 0.3) is 0 Å². The van der Waals surface area contributed by atoms with Crippen LogP contribution in [0.3, 0.4) is 0 Å². The molecule has 0 aliphatic carbocycles. The average molecular weight is 361 g/mol. The van der Waals surface area contributed by atoms with Crippen molar-refractivity contribution in [1.82, 2.24) is 14.8 Å². The number of carbonyl (C=O) groups is 1. The number of pyridine rings is 1. The Morgan fingerprint density at radius 1 is 1.19 bits per heavy atom. The molecule has 2 atom stereocenters. The Hall–Kier alpha value is -2.91. The van der Waals surface area contributed by atoms with Gasteiger partial charge in [-0.05, 0) is 49.1 Å². The number of nitrogens with one attached hydrogen (secondary N) is 1. The summed E-state index contributed by atoms with van der Waals surface area (Å²) in [6.45, 7) is 3.35. The van der Waals surface area contributed by atoms with Crippen molar-refractivity contribution in [3.63, 3.8) is 0 Å². The van der Waals surface area contributed by atoms with Crippen molar-refractivity contribution in [2.45, 2.75) is 25.4 Å². The minimum Gasteiger partial charge on any atom is -0.323 e. The molecule has 5 rings (SSSR count). The van der Waals surface area contributed by atoms with E-state index in [0.29, 0.717) is 23.2 Å². The van der Waals surface area contributed by atoms with Crippen molar-refractivity contribution < 1.29 is 4.79 Å². The Kier molecular flexibility index (Phi) is 5.03. The first-order valence-electron chi connectivity index (χ1n) is 9.41. The standard InChI is InChI=1S/C21H23N5O/c22-11-16-4-3-6-18(10-16)24-21(27)26-13-17-7-8-20(15-26)25(12-17)14-19-5-1-2-9-23-19/h1-6,9-10,17,20H,7-8,12-15H2,(H,24,27)/t17-,20-/m1/s1. The van der Waals surface area contributed by atoms with Crippen LogP contribution < -0.4 is 5.32 Å². The van der Waals surface area contributed by atoms with Gasteiger partial charge >= 0.3 is 6.03 Å². The topological polar surface area (TPSA) is 72.3 Å². The Morgan fingerprint density at radius 3 is 2.93 bits per heavy atom. The first-order valence-corrected chi connectivity index (χ1v) is 9.41. The monoisotopic (exact) mass is 361 g/mol. The van der Waals surface area contributed by atoms with Gasteiger partial charge in [-0.3, -0.25) is 9.88 Å². The summed E-state index contributed by atoms with van der Waals surface area (Å²) in [5.41, 5.74) is 2.29. The van der Waals surface area contributed by atoms with Crippen LogP contribution in [0.4, 0.5) is 10.5 Å². The molecule has 27 heavy (non-hydrogen) atoms. The SMILES string of the molecule is N#Cc1cccc(NC(=O)N2C[C@@H]3CC[C@H](C2)N(Cc2ccccn2)C3)c1. The van der Waals surface area contributed by atoms with Crippen molar-refractivity contribution >= 4 is 11.7 Å². The number of carbonyl (C=O) groups excluding carboxylic acids is 1. The third-order valence-electron chi connectivity index (χ3n) is 5.45. The maximum Gasteiger partial charge on any atom is 0.321 e. The molecule has 2 bridgehead atoms. The molecule has 0 unspecified atom stereocenters. The number of urea groups is 1. The summed E-state index contributed by atoms with van der Waals surface area (Å²) >= 11 is 0. The molecule has 0 radical (unpaired) electrons. The number of nitrogens with zero attached hydrogens (tertiary/aromatic N) is 4. The Bertz CT molecular complexity index is 847. The molecule has 0 saturated carbocycles. The van der Waals surface area contributed by atoms with Gasteiger partial charge in [-0.2, -0.15) is 5.26 Å². The van der Waals surface area contributed by atoms with Crippen LogP contribution in [0.15, 0.2) is 48.7 Å². The molecule has 138 valence electrons. The lowest BCUT2D eigenvalue weighted by molar-refractivity contribution is 0.123. The van der Waals surface area contributed by atoms with Crippen molar-refractivity contribution in [2.24, 2.45) is 5.92 Å². The van der Waals surface area contributed by atoms with Crippen molar-refractivity contribution in [1.29, 1.82) is 5.26 Å². The van der Waals surface area contributed by atoms with Gasteiger partial charge in [-0.25, -0.2) is 4.79 Å². The van der Waals surface area contributed by atoms with E-state index >= 15 is 0 Å². The van der Waals surface area contributed by atoms with Crippen LogP contribution in [0.2, 0.25) is 0 Å². The van der Waals surface area contributed by atoms with Crippen LogP contribution >= 0.6 is 0 Å². The second-order valence-corrected chi connectivity index (χ2v) is 7.38.